The number of fused-ring (bicyclic) bond motifs is 1. The van der Waals surface area contributed by atoms with Crippen molar-refractivity contribution in [3.05, 3.63) is 59.9 Å². The number of ether oxygens (including phenoxy) is 1. The summed E-state index contributed by atoms with van der Waals surface area (Å²) in [6.07, 6.45) is 5.98. The van der Waals surface area contributed by atoms with Gasteiger partial charge in [-0.25, -0.2) is 13.1 Å². The lowest BCUT2D eigenvalue weighted by Crippen LogP contribution is -2.28. The Kier molecular flexibility index (Phi) is 6.15. The lowest BCUT2D eigenvalue weighted by molar-refractivity contribution is 0.340. The summed E-state index contributed by atoms with van der Waals surface area (Å²) in [5, 5.41) is 4.79. The van der Waals surface area contributed by atoms with Crippen molar-refractivity contribution in [1.29, 1.82) is 0 Å². The Hall–Kier alpha value is -2.71. The zero-order chi connectivity index (χ0) is 21.0. The number of rotatable bonds is 8. The number of nitrogens with one attached hydrogen (secondary N) is 1. The minimum Gasteiger partial charge on any atom is -0.494 e. The predicted octanol–water partition coefficient (Wildman–Crippen LogP) is 3.20. The van der Waals surface area contributed by atoms with Gasteiger partial charge in [0.05, 0.1) is 23.7 Å². The van der Waals surface area contributed by atoms with Crippen LogP contribution in [0.5, 0.6) is 5.75 Å². The molecule has 0 atom stereocenters. The molecule has 1 aromatic carbocycles. The second-order valence-electron chi connectivity index (χ2n) is 7.22. The zero-order valence-corrected chi connectivity index (χ0v) is 17.9. The van der Waals surface area contributed by atoms with Gasteiger partial charge in [0, 0.05) is 24.0 Å². The summed E-state index contributed by atoms with van der Waals surface area (Å²) >= 11 is 0. The first-order valence-corrected chi connectivity index (χ1v) is 11.8. The number of nitrogens with zero attached hydrogens (tertiary/aromatic N) is 3. The number of pyridine rings is 1. The Morgan fingerprint density at radius 2 is 1.90 bits per heavy atom. The first kappa shape index (κ1) is 20.6. The Morgan fingerprint density at radius 1 is 1.10 bits per heavy atom. The van der Waals surface area contributed by atoms with Crippen molar-refractivity contribution in [2.24, 2.45) is 0 Å². The van der Waals surface area contributed by atoms with Gasteiger partial charge in [-0.05, 0) is 69.0 Å². The van der Waals surface area contributed by atoms with Gasteiger partial charge in [-0.2, -0.15) is 5.10 Å². The average Bonchev–Trinajstić information content (AvgIpc) is 3.14. The van der Waals surface area contributed by atoms with Crippen molar-refractivity contribution in [3.63, 3.8) is 0 Å². The van der Waals surface area contributed by atoms with Crippen LogP contribution in [-0.4, -0.2) is 36.3 Å². The van der Waals surface area contributed by atoms with E-state index in [1.54, 1.807) is 30.5 Å². The van der Waals surface area contributed by atoms with E-state index in [4.69, 9.17) is 9.84 Å². The fourth-order valence-corrected chi connectivity index (χ4v) is 4.84. The van der Waals surface area contributed by atoms with Gasteiger partial charge in [0.25, 0.3) is 0 Å². The summed E-state index contributed by atoms with van der Waals surface area (Å²) in [6, 6.07) is 12.3. The van der Waals surface area contributed by atoms with Gasteiger partial charge in [-0.1, -0.05) is 6.07 Å². The summed E-state index contributed by atoms with van der Waals surface area (Å²) in [4.78, 5) is 4.68. The van der Waals surface area contributed by atoms with Crippen molar-refractivity contribution in [3.8, 4) is 17.1 Å². The third kappa shape index (κ3) is 4.39. The van der Waals surface area contributed by atoms with Crippen molar-refractivity contribution < 1.29 is 13.2 Å². The highest BCUT2D eigenvalue weighted by Gasteiger charge is 2.22. The van der Waals surface area contributed by atoms with Gasteiger partial charge in [0.15, 0.2) is 0 Å². The monoisotopic (exact) mass is 426 g/mol. The molecule has 8 heteroatoms. The smallest absolute Gasteiger partial charge is 0.240 e. The van der Waals surface area contributed by atoms with E-state index >= 15 is 0 Å². The summed E-state index contributed by atoms with van der Waals surface area (Å²) in [5.74, 6) is 0.654. The number of hydrogen-bond acceptors (Lipinski definition) is 5. The van der Waals surface area contributed by atoms with E-state index < -0.39 is 10.0 Å². The SMILES string of the molecule is CCOc1ccc(S(=O)(=O)NCCn2nc(-c3ccccn3)c3c2CCCC3)cc1. The Bertz CT molecular complexity index is 1090. The lowest BCUT2D eigenvalue weighted by Gasteiger charge is -2.14. The minimum absolute atomic E-state index is 0.225. The fraction of sp³-hybridized carbons (Fsp3) is 0.364. The Morgan fingerprint density at radius 3 is 2.63 bits per heavy atom. The summed E-state index contributed by atoms with van der Waals surface area (Å²) in [7, 11) is -3.59. The molecule has 1 N–H and O–H groups in total. The highest BCUT2D eigenvalue weighted by atomic mass is 32.2. The van der Waals surface area contributed by atoms with E-state index in [9.17, 15) is 8.42 Å². The largest absolute Gasteiger partial charge is 0.494 e. The molecule has 0 saturated heterocycles. The second kappa shape index (κ2) is 8.97. The molecule has 0 fully saturated rings. The number of sulfonamides is 1. The molecule has 7 nitrogen and oxygen atoms in total. The van der Waals surface area contributed by atoms with Crippen molar-refractivity contribution >= 4 is 10.0 Å². The second-order valence-corrected chi connectivity index (χ2v) is 8.99. The van der Waals surface area contributed by atoms with Crippen LogP contribution >= 0.6 is 0 Å². The van der Waals surface area contributed by atoms with Crippen LogP contribution in [0.25, 0.3) is 11.4 Å². The van der Waals surface area contributed by atoms with Crippen molar-refractivity contribution in [2.45, 2.75) is 44.0 Å². The molecule has 30 heavy (non-hydrogen) atoms. The number of hydrogen-bond donors (Lipinski definition) is 1. The molecule has 0 unspecified atom stereocenters. The predicted molar refractivity (Wildman–Crippen MR) is 115 cm³/mol. The minimum atomic E-state index is -3.59. The molecule has 0 spiro atoms. The van der Waals surface area contributed by atoms with Gasteiger partial charge in [-0.15, -0.1) is 0 Å². The maximum absolute atomic E-state index is 12.6. The molecule has 2 heterocycles. The standard InChI is InChI=1S/C22H26N4O3S/c1-2-29-17-10-12-18(13-11-17)30(27,28)24-15-16-26-21-9-4-3-7-19(21)22(25-26)20-8-5-6-14-23-20/h5-6,8,10-14,24H,2-4,7,9,15-16H2,1H3. The van der Waals surface area contributed by atoms with Crippen LogP contribution in [0.3, 0.4) is 0 Å². The molecule has 2 aromatic heterocycles. The normalized spacial score (nSPS) is 13.8. The van der Waals surface area contributed by atoms with Crippen LogP contribution in [0, 0.1) is 0 Å². The molecule has 0 bridgehead atoms. The molecule has 0 aliphatic heterocycles. The maximum atomic E-state index is 12.6. The van der Waals surface area contributed by atoms with Crippen LogP contribution in [0.4, 0.5) is 0 Å². The molecular formula is C22H26N4O3S. The van der Waals surface area contributed by atoms with Gasteiger partial charge in [0.2, 0.25) is 10.0 Å². The van der Waals surface area contributed by atoms with Crippen LogP contribution in [0.1, 0.15) is 31.0 Å². The van der Waals surface area contributed by atoms with E-state index in [1.165, 1.54) is 11.3 Å². The fourth-order valence-electron chi connectivity index (χ4n) is 3.82. The van der Waals surface area contributed by atoms with Crippen molar-refractivity contribution in [1.82, 2.24) is 19.5 Å². The molecule has 158 valence electrons. The highest BCUT2D eigenvalue weighted by molar-refractivity contribution is 7.89. The van der Waals surface area contributed by atoms with Crippen LogP contribution in [0.2, 0.25) is 0 Å². The van der Waals surface area contributed by atoms with E-state index in [0.29, 0.717) is 18.9 Å². The highest BCUT2D eigenvalue weighted by Crippen LogP contribution is 2.30. The average molecular weight is 427 g/mol. The molecule has 1 aliphatic rings. The molecule has 0 amide bonds. The topological polar surface area (TPSA) is 86.1 Å². The van der Waals surface area contributed by atoms with Crippen LogP contribution in [0.15, 0.2) is 53.6 Å². The number of benzene rings is 1. The van der Waals surface area contributed by atoms with Gasteiger partial charge in [0.1, 0.15) is 11.4 Å². The first-order valence-electron chi connectivity index (χ1n) is 10.3. The Labute approximate surface area is 177 Å². The molecular weight excluding hydrogens is 400 g/mol. The van der Waals surface area contributed by atoms with Crippen LogP contribution < -0.4 is 9.46 Å². The zero-order valence-electron chi connectivity index (χ0n) is 17.0. The Balaban J connectivity index is 1.48. The van der Waals surface area contributed by atoms with Gasteiger partial charge in [-0.3, -0.25) is 9.67 Å². The molecule has 1 aliphatic carbocycles. The molecule has 4 rings (SSSR count). The van der Waals surface area contributed by atoms with E-state index in [1.807, 2.05) is 29.8 Å². The lowest BCUT2D eigenvalue weighted by atomic mass is 9.95. The maximum Gasteiger partial charge on any atom is 0.240 e. The summed E-state index contributed by atoms with van der Waals surface area (Å²) in [6.45, 7) is 3.18. The summed E-state index contributed by atoms with van der Waals surface area (Å²) in [5.41, 5.74) is 4.22. The molecule has 3 aromatic rings. The van der Waals surface area contributed by atoms with Gasteiger partial charge < -0.3 is 4.74 Å². The number of aromatic nitrogens is 3. The first-order chi connectivity index (χ1) is 14.6. The quantitative estimate of drug-likeness (QED) is 0.598. The van der Waals surface area contributed by atoms with E-state index in [-0.39, 0.29) is 11.4 Å². The third-order valence-corrected chi connectivity index (χ3v) is 6.70. The molecule has 0 radical (unpaired) electrons. The molecule has 0 saturated carbocycles. The third-order valence-electron chi connectivity index (χ3n) is 5.23. The van der Waals surface area contributed by atoms with E-state index in [2.05, 4.69) is 9.71 Å². The van der Waals surface area contributed by atoms with Crippen LogP contribution in [-0.2, 0) is 29.4 Å². The van der Waals surface area contributed by atoms with Crippen molar-refractivity contribution in [2.75, 3.05) is 13.2 Å². The van der Waals surface area contributed by atoms with Gasteiger partial charge >= 0.3 is 0 Å². The van der Waals surface area contributed by atoms with E-state index in [0.717, 1.165) is 37.1 Å². The summed E-state index contributed by atoms with van der Waals surface area (Å²) < 4.78 is 35.2.